The molecule has 2 rings (SSSR count). The molecular formula is C17H16Cl2O. The van der Waals surface area contributed by atoms with Crippen molar-refractivity contribution in [2.24, 2.45) is 0 Å². The summed E-state index contributed by atoms with van der Waals surface area (Å²) >= 11 is 12.3. The molecule has 0 radical (unpaired) electrons. The van der Waals surface area contributed by atoms with Crippen molar-refractivity contribution in [1.29, 1.82) is 0 Å². The molecule has 0 aliphatic rings. The Bertz CT molecular complexity index is 574. The Labute approximate surface area is 129 Å². The summed E-state index contributed by atoms with van der Waals surface area (Å²) in [5.41, 5.74) is 3.18. The van der Waals surface area contributed by atoms with Crippen LogP contribution < -0.4 is 4.74 Å². The summed E-state index contributed by atoms with van der Waals surface area (Å²) in [4.78, 5) is 0. The van der Waals surface area contributed by atoms with Crippen molar-refractivity contribution in [1.82, 2.24) is 0 Å². The Morgan fingerprint density at radius 3 is 2.10 bits per heavy atom. The van der Waals surface area contributed by atoms with Gasteiger partial charge in [-0.3, -0.25) is 0 Å². The lowest BCUT2D eigenvalue weighted by atomic mass is 9.97. The second-order valence-corrected chi connectivity index (χ2v) is 5.15. The molecule has 104 valence electrons. The fourth-order valence-corrected chi connectivity index (χ4v) is 2.65. The van der Waals surface area contributed by atoms with E-state index in [1.165, 1.54) is 0 Å². The Morgan fingerprint density at radius 1 is 0.950 bits per heavy atom. The molecule has 0 atom stereocenters. The van der Waals surface area contributed by atoms with Gasteiger partial charge in [0.05, 0.1) is 7.11 Å². The summed E-state index contributed by atoms with van der Waals surface area (Å²) < 4.78 is 5.19. The first-order valence-electron chi connectivity index (χ1n) is 6.40. The van der Waals surface area contributed by atoms with Crippen molar-refractivity contribution in [3.63, 3.8) is 0 Å². The summed E-state index contributed by atoms with van der Waals surface area (Å²) in [6.07, 6.45) is 0.652. The second-order valence-electron chi connectivity index (χ2n) is 4.31. The third-order valence-corrected chi connectivity index (χ3v) is 3.59. The number of hydrogen-bond acceptors (Lipinski definition) is 1. The molecule has 0 aliphatic carbocycles. The molecule has 0 aliphatic heterocycles. The Balaban J connectivity index is 2.49. The van der Waals surface area contributed by atoms with Gasteiger partial charge in [-0.1, -0.05) is 54.1 Å². The maximum absolute atomic E-state index is 6.45. The number of allylic oxidation sites excluding steroid dienone is 1. The molecule has 0 saturated carbocycles. The fourth-order valence-electron chi connectivity index (χ4n) is 2.05. The lowest BCUT2D eigenvalue weighted by molar-refractivity contribution is 0.415. The molecule has 20 heavy (non-hydrogen) atoms. The van der Waals surface area contributed by atoms with Gasteiger partial charge in [-0.15, -0.1) is 11.6 Å². The topological polar surface area (TPSA) is 9.23 Å². The number of rotatable bonds is 5. The molecule has 0 amide bonds. The van der Waals surface area contributed by atoms with E-state index in [1.807, 2.05) is 42.5 Å². The first kappa shape index (κ1) is 15.0. The van der Waals surface area contributed by atoms with Crippen LogP contribution in [0.1, 0.15) is 17.5 Å². The molecule has 2 aromatic rings. The standard InChI is InChI=1S/C17H16Cl2O/c1-20-15-9-7-14(8-10-15)17(16(19)11-12-18)13-5-3-2-4-6-13/h2-10H,11-12H2,1H3. The van der Waals surface area contributed by atoms with Crippen LogP contribution >= 0.6 is 23.2 Å². The average Bonchev–Trinajstić information content (AvgIpc) is 2.50. The van der Waals surface area contributed by atoms with E-state index in [9.17, 15) is 0 Å². The first-order valence-corrected chi connectivity index (χ1v) is 7.32. The zero-order chi connectivity index (χ0) is 14.4. The number of hydrogen-bond donors (Lipinski definition) is 0. The van der Waals surface area contributed by atoms with E-state index in [0.717, 1.165) is 27.5 Å². The van der Waals surface area contributed by atoms with Crippen LogP contribution in [0.25, 0.3) is 5.57 Å². The van der Waals surface area contributed by atoms with E-state index in [0.29, 0.717) is 12.3 Å². The number of halogens is 2. The fraction of sp³-hybridized carbons (Fsp3) is 0.176. The monoisotopic (exact) mass is 306 g/mol. The van der Waals surface area contributed by atoms with Crippen LogP contribution in [0.2, 0.25) is 0 Å². The lowest BCUT2D eigenvalue weighted by Crippen LogP contribution is -1.93. The average molecular weight is 307 g/mol. The third-order valence-electron chi connectivity index (χ3n) is 3.03. The first-order chi connectivity index (χ1) is 9.76. The minimum absolute atomic E-state index is 0.505. The summed E-state index contributed by atoms with van der Waals surface area (Å²) in [5, 5.41) is 0.774. The molecule has 0 spiro atoms. The zero-order valence-electron chi connectivity index (χ0n) is 11.3. The van der Waals surface area contributed by atoms with E-state index < -0.39 is 0 Å². The predicted molar refractivity (Wildman–Crippen MR) is 86.6 cm³/mol. The predicted octanol–water partition coefficient (Wildman–Crippen LogP) is 5.32. The molecule has 0 unspecified atom stereocenters. The molecule has 0 heterocycles. The lowest BCUT2D eigenvalue weighted by Gasteiger charge is -2.12. The molecule has 0 saturated heterocycles. The maximum Gasteiger partial charge on any atom is 0.118 e. The van der Waals surface area contributed by atoms with Gasteiger partial charge in [-0.05, 0) is 29.7 Å². The Morgan fingerprint density at radius 2 is 1.55 bits per heavy atom. The van der Waals surface area contributed by atoms with Crippen molar-refractivity contribution in [3.8, 4) is 5.75 Å². The molecular weight excluding hydrogens is 291 g/mol. The largest absolute Gasteiger partial charge is 0.497 e. The van der Waals surface area contributed by atoms with Crippen LogP contribution in [0.4, 0.5) is 0 Å². The van der Waals surface area contributed by atoms with E-state index in [2.05, 4.69) is 12.1 Å². The normalized spacial score (nSPS) is 11.9. The molecule has 1 nitrogen and oxygen atoms in total. The second kappa shape index (κ2) is 7.37. The minimum Gasteiger partial charge on any atom is -0.497 e. The van der Waals surface area contributed by atoms with Crippen LogP contribution in [0.15, 0.2) is 59.6 Å². The van der Waals surface area contributed by atoms with E-state index >= 15 is 0 Å². The summed E-state index contributed by atoms with van der Waals surface area (Å²) in [7, 11) is 1.66. The van der Waals surface area contributed by atoms with Gasteiger partial charge in [-0.2, -0.15) is 0 Å². The van der Waals surface area contributed by atoms with Gasteiger partial charge in [0.15, 0.2) is 0 Å². The highest BCUT2D eigenvalue weighted by Crippen LogP contribution is 2.31. The zero-order valence-corrected chi connectivity index (χ0v) is 12.8. The Hall–Kier alpha value is -1.44. The number of alkyl halides is 1. The highest BCUT2D eigenvalue weighted by atomic mass is 35.5. The van der Waals surface area contributed by atoms with Crippen LogP contribution in [0.3, 0.4) is 0 Å². The molecule has 0 N–H and O–H groups in total. The van der Waals surface area contributed by atoms with Crippen LogP contribution in [-0.4, -0.2) is 13.0 Å². The Kier molecular flexibility index (Phi) is 5.51. The van der Waals surface area contributed by atoms with Gasteiger partial charge >= 0.3 is 0 Å². The van der Waals surface area contributed by atoms with Gasteiger partial charge in [-0.25, -0.2) is 0 Å². The third kappa shape index (κ3) is 3.56. The van der Waals surface area contributed by atoms with Crippen molar-refractivity contribution in [2.45, 2.75) is 6.42 Å². The quantitative estimate of drug-likeness (QED) is 0.679. The van der Waals surface area contributed by atoms with E-state index in [4.69, 9.17) is 27.9 Å². The summed E-state index contributed by atoms with van der Waals surface area (Å²) in [5.74, 6) is 1.33. The highest BCUT2D eigenvalue weighted by molar-refractivity contribution is 6.34. The van der Waals surface area contributed by atoms with Gasteiger partial charge < -0.3 is 4.74 Å². The molecule has 3 heteroatoms. The van der Waals surface area contributed by atoms with Crippen molar-refractivity contribution in [3.05, 3.63) is 70.8 Å². The van der Waals surface area contributed by atoms with E-state index in [1.54, 1.807) is 7.11 Å². The van der Waals surface area contributed by atoms with Crippen molar-refractivity contribution in [2.75, 3.05) is 13.0 Å². The van der Waals surface area contributed by atoms with Crippen molar-refractivity contribution >= 4 is 28.8 Å². The van der Waals surface area contributed by atoms with Crippen LogP contribution in [-0.2, 0) is 0 Å². The van der Waals surface area contributed by atoms with Gasteiger partial charge in [0.1, 0.15) is 5.75 Å². The maximum atomic E-state index is 6.45. The minimum atomic E-state index is 0.505. The molecule has 0 bridgehead atoms. The summed E-state index contributed by atoms with van der Waals surface area (Å²) in [6.45, 7) is 0. The summed E-state index contributed by atoms with van der Waals surface area (Å²) in [6, 6.07) is 18.0. The van der Waals surface area contributed by atoms with Crippen LogP contribution in [0.5, 0.6) is 5.75 Å². The smallest absolute Gasteiger partial charge is 0.118 e. The van der Waals surface area contributed by atoms with Crippen molar-refractivity contribution < 1.29 is 4.74 Å². The SMILES string of the molecule is COc1ccc(C(=C(Cl)CCCl)c2ccccc2)cc1. The van der Waals surface area contributed by atoms with Gasteiger partial charge in [0.25, 0.3) is 0 Å². The highest BCUT2D eigenvalue weighted by Gasteiger charge is 2.10. The van der Waals surface area contributed by atoms with Gasteiger partial charge in [0.2, 0.25) is 0 Å². The molecule has 2 aromatic carbocycles. The number of benzene rings is 2. The molecule has 0 fully saturated rings. The van der Waals surface area contributed by atoms with Crippen LogP contribution in [0, 0.1) is 0 Å². The van der Waals surface area contributed by atoms with E-state index in [-0.39, 0.29) is 0 Å². The molecule has 0 aromatic heterocycles. The number of methoxy groups -OCH3 is 1. The van der Waals surface area contributed by atoms with Gasteiger partial charge in [0, 0.05) is 16.5 Å². The number of ether oxygens (including phenoxy) is 1.